The van der Waals surface area contributed by atoms with E-state index in [1.165, 1.54) is 12.1 Å². The Morgan fingerprint density at radius 3 is 2.57 bits per heavy atom. The normalized spacial score (nSPS) is 16.8. The Morgan fingerprint density at radius 1 is 1.23 bits per heavy atom. The second-order valence-corrected chi connectivity index (χ2v) is 7.85. The van der Waals surface area contributed by atoms with E-state index in [1.54, 1.807) is 6.07 Å². The number of rotatable bonds is 9. The number of alkyl halides is 2. The minimum Gasteiger partial charge on any atom is -0.434 e. The van der Waals surface area contributed by atoms with Crippen molar-refractivity contribution in [2.75, 3.05) is 52.9 Å². The number of halogens is 4. The quantitative estimate of drug-likeness (QED) is 0.276. The molecule has 1 heterocycles. The van der Waals surface area contributed by atoms with Crippen molar-refractivity contribution in [2.45, 2.75) is 27.0 Å². The molecule has 1 fully saturated rings. The molecule has 1 saturated heterocycles. The second-order valence-electron chi connectivity index (χ2n) is 7.42. The summed E-state index contributed by atoms with van der Waals surface area (Å²) in [6.07, 6.45) is 0. The van der Waals surface area contributed by atoms with E-state index in [4.69, 9.17) is 11.6 Å². The first-order chi connectivity index (χ1) is 13.9. The van der Waals surface area contributed by atoms with Crippen LogP contribution in [-0.2, 0) is 6.54 Å². The van der Waals surface area contributed by atoms with Crippen LogP contribution in [0, 0.1) is 5.92 Å². The predicted molar refractivity (Wildman–Crippen MR) is 129 cm³/mol. The summed E-state index contributed by atoms with van der Waals surface area (Å²) in [6, 6.07) is 4.57. The smallest absolute Gasteiger partial charge is 0.387 e. The van der Waals surface area contributed by atoms with Crippen molar-refractivity contribution in [3.63, 3.8) is 0 Å². The zero-order valence-corrected chi connectivity index (χ0v) is 20.9. The highest BCUT2D eigenvalue weighted by atomic mass is 127. The maximum atomic E-state index is 12.6. The van der Waals surface area contributed by atoms with Gasteiger partial charge in [-0.25, -0.2) is 4.99 Å². The molecule has 0 spiro atoms. The number of hydrogen-bond donors (Lipinski definition) is 2. The summed E-state index contributed by atoms with van der Waals surface area (Å²) >= 11 is 6.00. The number of aliphatic imine (C=N–C) groups is 1. The topological polar surface area (TPSA) is 52.1 Å². The summed E-state index contributed by atoms with van der Waals surface area (Å²) in [7, 11) is 2.15. The number of ether oxygens (including phenoxy) is 1. The van der Waals surface area contributed by atoms with Crippen molar-refractivity contribution >= 4 is 41.5 Å². The van der Waals surface area contributed by atoms with Crippen LogP contribution in [0.4, 0.5) is 8.78 Å². The summed E-state index contributed by atoms with van der Waals surface area (Å²) < 4.78 is 29.8. The predicted octanol–water partition coefficient (Wildman–Crippen LogP) is 3.50. The zero-order valence-electron chi connectivity index (χ0n) is 17.8. The Hall–Kier alpha value is -0.910. The van der Waals surface area contributed by atoms with Gasteiger partial charge in [0.05, 0.1) is 6.54 Å². The van der Waals surface area contributed by atoms with Gasteiger partial charge < -0.3 is 25.2 Å². The Balaban J connectivity index is 0.00000450. The molecule has 6 nitrogen and oxygen atoms in total. The van der Waals surface area contributed by atoms with Gasteiger partial charge in [0.15, 0.2) is 5.96 Å². The maximum absolute atomic E-state index is 12.6. The molecule has 172 valence electrons. The van der Waals surface area contributed by atoms with Crippen molar-refractivity contribution in [3.8, 4) is 5.75 Å². The van der Waals surface area contributed by atoms with Gasteiger partial charge in [0.1, 0.15) is 5.75 Å². The Bertz CT molecular complexity index is 660. The molecule has 30 heavy (non-hydrogen) atoms. The van der Waals surface area contributed by atoms with E-state index in [9.17, 15) is 8.78 Å². The third-order valence-corrected chi connectivity index (χ3v) is 5.01. The van der Waals surface area contributed by atoms with Gasteiger partial charge in [0.2, 0.25) is 0 Å². The lowest BCUT2D eigenvalue weighted by atomic mass is 10.1. The lowest BCUT2D eigenvalue weighted by Crippen LogP contribution is -2.47. The molecular weight excluding hydrogens is 527 g/mol. The third-order valence-electron chi connectivity index (χ3n) is 4.77. The number of nitrogens with one attached hydrogen (secondary N) is 2. The molecule has 1 aromatic rings. The van der Waals surface area contributed by atoms with Gasteiger partial charge >= 0.3 is 6.61 Å². The average Bonchev–Trinajstić information content (AvgIpc) is 2.67. The van der Waals surface area contributed by atoms with Crippen molar-refractivity contribution in [1.82, 2.24) is 20.4 Å². The Kier molecular flexibility index (Phi) is 12.8. The number of hydrogen-bond acceptors (Lipinski definition) is 4. The summed E-state index contributed by atoms with van der Waals surface area (Å²) in [5.74, 6) is 1.18. The Morgan fingerprint density at radius 2 is 1.93 bits per heavy atom. The van der Waals surface area contributed by atoms with Crippen LogP contribution in [0.5, 0.6) is 5.75 Å². The highest BCUT2D eigenvalue weighted by molar-refractivity contribution is 14.0. The minimum absolute atomic E-state index is 0. The molecule has 0 amide bonds. The SMILES string of the molecule is CCNC(=NCc1cc(Cl)ccc1OC(F)F)NCC(C)CN1CCN(C)CC1.I. The van der Waals surface area contributed by atoms with Gasteiger partial charge in [-0.2, -0.15) is 8.78 Å². The average molecular weight is 560 g/mol. The molecule has 1 aliphatic rings. The first-order valence-corrected chi connectivity index (χ1v) is 10.4. The fourth-order valence-electron chi connectivity index (χ4n) is 3.20. The van der Waals surface area contributed by atoms with Gasteiger partial charge in [0.25, 0.3) is 0 Å². The minimum atomic E-state index is -2.89. The highest BCUT2D eigenvalue weighted by Crippen LogP contribution is 2.25. The third kappa shape index (κ3) is 9.93. The standard InChI is InChI=1S/C20H32ClF2N5O.HI/c1-4-24-20(25-12-15(2)14-28-9-7-27(3)8-10-28)26-13-16-11-17(21)5-6-18(16)29-19(22)23;/h5-6,11,15,19H,4,7-10,12-14H2,1-3H3,(H2,24,25,26);1H. The number of likely N-dealkylation sites (N-methyl/N-ethyl adjacent to an activating group) is 1. The molecule has 1 aliphatic heterocycles. The molecule has 2 rings (SSSR count). The fraction of sp³-hybridized carbons (Fsp3) is 0.650. The van der Waals surface area contributed by atoms with Gasteiger partial charge in [-0.1, -0.05) is 18.5 Å². The van der Waals surface area contributed by atoms with Crippen LogP contribution in [-0.4, -0.2) is 75.2 Å². The largest absolute Gasteiger partial charge is 0.434 e. The molecule has 2 N–H and O–H groups in total. The number of nitrogens with zero attached hydrogens (tertiary/aromatic N) is 3. The Labute approximate surface area is 200 Å². The zero-order chi connectivity index (χ0) is 21.2. The number of benzene rings is 1. The molecule has 0 radical (unpaired) electrons. The van der Waals surface area contributed by atoms with Gasteiger partial charge in [-0.3, -0.25) is 0 Å². The first kappa shape index (κ1) is 27.1. The van der Waals surface area contributed by atoms with E-state index < -0.39 is 6.61 Å². The van der Waals surface area contributed by atoms with Crippen LogP contribution in [0.15, 0.2) is 23.2 Å². The van der Waals surface area contributed by atoms with E-state index in [2.05, 4.69) is 44.1 Å². The summed E-state index contributed by atoms with van der Waals surface area (Å²) in [4.78, 5) is 9.34. The molecule has 0 aromatic heterocycles. The van der Waals surface area contributed by atoms with Gasteiger partial charge in [0, 0.05) is 56.4 Å². The summed E-state index contributed by atoms with van der Waals surface area (Å²) in [6.45, 7) is 8.39. The van der Waals surface area contributed by atoms with E-state index >= 15 is 0 Å². The lowest BCUT2D eigenvalue weighted by Gasteiger charge is -2.34. The molecule has 1 atom stereocenters. The molecule has 0 saturated carbocycles. The summed E-state index contributed by atoms with van der Waals surface area (Å²) in [5.41, 5.74) is 0.514. The van der Waals surface area contributed by atoms with Gasteiger partial charge in [-0.05, 0) is 38.1 Å². The van der Waals surface area contributed by atoms with Crippen LogP contribution >= 0.6 is 35.6 Å². The van der Waals surface area contributed by atoms with E-state index in [-0.39, 0.29) is 36.3 Å². The number of guanidine groups is 1. The van der Waals surface area contributed by atoms with Crippen LogP contribution in [0.25, 0.3) is 0 Å². The molecule has 1 unspecified atom stereocenters. The lowest BCUT2D eigenvalue weighted by molar-refractivity contribution is -0.0504. The van der Waals surface area contributed by atoms with Crippen molar-refractivity contribution in [3.05, 3.63) is 28.8 Å². The van der Waals surface area contributed by atoms with Gasteiger partial charge in [-0.15, -0.1) is 24.0 Å². The first-order valence-electron chi connectivity index (χ1n) is 10.0. The van der Waals surface area contributed by atoms with Crippen LogP contribution in [0.1, 0.15) is 19.4 Å². The van der Waals surface area contributed by atoms with Crippen molar-refractivity contribution in [1.29, 1.82) is 0 Å². The van der Waals surface area contributed by atoms with Crippen molar-refractivity contribution < 1.29 is 13.5 Å². The molecule has 0 aliphatic carbocycles. The molecular formula is C20H33ClF2IN5O. The second kappa shape index (κ2) is 14.2. The van der Waals surface area contributed by atoms with Crippen LogP contribution in [0.2, 0.25) is 5.02 Å². The van der Waals surface area contributed by atoms with Crippen LogP contribution in [0.3, 0.4) is 0 Å². The van der Waals surface area contributed by atoms with Crippen LogP contribution < -0.4 is 15.4 Å². The fourth-order valence-corrected chi connectivity index (χ4v) is 3.39. The van der Waals surface area contributed by atoms with E-state index in [0.717, 1.165) is 39.3 Å². The molecule has 10 heteroatoms. The number of piperazine rings is 1. The monoisotopic (exact) mass is 559 g/mol. The highest BCUT2D eigenvalue weighted by Gasteiger charge is 2.16. The molecule has 0 bridgehead atoms. The molecule has 1 aromatic carbocycles. The maximum Gasteiger partial charge on any atom is 0.387 e. The van der Waals surface area contributed by atoms with E-state index in [0.29, 0.717) is 29.0 Å². The van der Waals surface area contributed by atoms with E-state index in [1.807, 2.05) is 6.92 Å². The van der Waals surface area contributed by atoms with Crippen molar-refractivity contribution in [2.24, 2.45) is 10.9 Å². The summed E-state index contributed by atoms with van der Waals surface area (Å²) in [5, 5.41) is 6.99.